The highest BCUT2D eigenvalue weighted by Crippen LogP contribution is 2.20. The zero-order chi connectivity index (χ0) is 13.8. The molecule has 1 heterocycles. The van der Waals surface area contributed by atoms with E-state index in [-0.39, 0.29) is 0 Å². The predicted molar refractivity (Wildman–Crippen MR) is 85.8 cm³/mol. The van der Waals surface area contributed by atoms with E-state index in [0.717, 1.165) is 17.8 Å². The van der Waals surface area contributed by atoms with E-state index in [1.165, 1.54) is 31.4 Å². The summed E-state index contributed by atoms with van der Waals surface area (Å²) in [6.45, 7) is 4.21. The number of nitrogens with two attached hydrogens (primary N) is 1. The summed E-state index contributed by atoms with van der Waals surface area (Å²) < 4.78 is 0. The van der Waals surface area contributed by atoms with Gasteiger partial charge >= 0.3 is 0 Å². The van der Waals surface area contributed by atoms with Gasteiger partial charge in [0, 0.05) is 23.8 Å². The fraction of sp³-hybridized carbons (Fsp3) is 0.533. The van der Waals surface area contributed by atoms with Gasteiger partial charge in [-0.2, -0.15) is 0 Å². The van der Waals surface area contributed by atoms with Crippen molar-refractivity contribution < 1.29 is 0 Å². The minimum atomic E-state index is 0.461. The maximum absolute atomic E-state index is 5.80. The van der Waals surface area contributed by atoms with Crippen LogP contribution in [0.25, 0.3) is 0 Å². The first-order valence-electron chi connectivity index (χ1n) is 6.92. The molecule has 1 aromatic rings. The lowest BCUT2D eigenvalue weighted by Crippen LogP contribution is -2.40. The average molecular weight is 277 g/mol. The first-order valence-corrected chi connectivity index (χ1v) is 7.33. The van der Waals surface area contributed by atoms with E-state index in [4.69, 9.17) is 18.0 Å². The minimum absolute atomic E-state index is 0.461. The SMILES string of the molecule is Cc1ccc(NCC2CCCCN2C)c(C(N)=S)c1. The standard InChI is InChI=1S/C15H23N3S/c1-11-6-7-14(13(9-11)15(16)19)17-10-12-5-3-4-8-18(12)2/h6-7,9,12,17H,3-5,8,10H2,1-2H3,(H2,16,19). The van der Waals surface area contributed by atoms with Gasteiger partial charge in [0.15, 0.2) is 0 Å². The van der Waals surface area contributed by atoms with Crippen LogP contribution in [0.2, 0.25) is 0 Å². The molecule has 0 spiro atoms. The number of hydrogen-bond donors (Lipinski definition) is 2. The Morgan fingerprint density at radius 2 is 2.26 bits per heavy atom. The summed E-state index contributed by atoms with van der Waals surface area (Å²) in [7, 11) is 2.20. The molecule has 0 saturated carbocycles. The third-order valence-electron chi connectivity index (χ3n) is 3.89. The number of anilines is 1. The van der Waals surface area contributed by atoms with Gasteiger partial charge in [0.05, 0.1) is 0 Å². The summed E-state index contributed by atoms with van der Waals surface area (Å²) in [6.07, 6.45) is 3.90. The molecule has 1 aromatic carbocycles. The third-order valence-corrected chi connectivity index (χ3v) is 4.11. The number of thiocarbonyl (C=S) groups is 1. The molecule has 1 unspecified atom stereocenters. The van der Waals surface area contributed by atoms with E-state index in [9.17, 15) is 0 Å². The smallest absolute Gasteiger partial charge is 0.106 e. The monoisotopic (exact) mass is 277 g/mol. The Labute approximate surface area is 121 Å². The minimum Gasteiger partial charge on any atom is -0.389 e. The molecule has 3 nitrogen and oxygen atoms in total. The molecular weight excluding hydrogens is 254 g/mol. The van der Waals surface area contributed by atoms with Crippen LogP contribution < -0.4 is 11.1 Å². The van der Waals surface area contributed by atoms with Gasteiger partial charge in [-0.15, -0.1) is 0 Å². The lowest BCUT2D eigenvalue weighted by Gasteiger charge is -2.33. The van der Waals surface area contributed by atoms with E-state index >= 15 is 0 Å². The summed E-state index contributed by atoms with van der Waals surface area (Å²) in [6, 6.07) is 6.82. The Kier molecular flexibility index (Phi) is 4.77. The normalized spacial score (nSPS) is 20.2. The van der Waals surface area contributed by atoms with Crippen molar-refractivity contribution in [2.75, 3.05) is 25.5 Å². The van der Waals surface area contributed by atoms with Crippen molar-refractivity contribution in [2.45, 2.75) is 32.2 Å². The Hall–Kier alpha value is -1.13. The van der Waals surface area contributed by atoms with Crippen LogP contribution in [0.3, 0.4) is 0 Å². The van der Waals surface area contributed by atoms with E-state index < -0.39 is 0 Å². The average Bonchev–Trinajstić information content (AvgIpc) is 2.38. The van der Waals surface area contributed by atoms with E-state index in [1.54, 1.807) is 0 Å². The van der Waals surface area contributed by atoms with Crippen LogP contribution in [0.1, 0.15) is 30.4 Å². The van der Waals surface area contributed by atoms with Crippen LogP contribution in [-0.4, -0.2) is 36.1 Å². The Morgan fingerprint density at radius 1 is 1.47 bits per heavy atom. The maximum Gasteiger partial charge on any atom is 0.106 e. The number of likely N-dealkylation sites (tertiary alicyclic amines) is 1. The lowest BCUT2D eigenvalue weighted by atomic mass is 10.0. The fourth-order valence-electron chi connectivity index (χ4n) is 2.65. The van der Waals surface area contributed by atoms with Crippen molar-refractivity contribution in [1.29, 1.82) is 0 Å². The summed E-state index contributed by atoms with van der Waals surface area (Å²) in [5.74, 6) is 0. The van der Waals surface area contributed by atoms with Crippen molar-refractivity contribution >= 4 is 22.9 Å². The largest absolute Gasteiger partial charge is 0.389 e. The molecule has 1 atom stereocenters. The van der Waals surface area contributed by atoms with Crippen LogP contribution in [0, 0.1) is 6.92 Å². The highest BCUT2D eigenvalue weighted by molar-refractivity contribution is 7.80. The molecule has 0 aromatic heterocycles. The first kappa shape index (κ1) is 14.3. The van der Waals surface area contributed by atoms with Crippen LogP contribution in [-0.2, 0) is 0 Å². The Bertz CT molecular complexity index is 459. The van der Waals surface area contributed by atoms with Gasteiger partial charge in [-0.3, -0.25) is 0 Å². The molecule has 0 aliphatic carbocycles. The Balaban J connectivity index is 2.04. The number of piperidine rings is 1. The number of rotatable bonds is 4. The topological polar surface area (TPSA) is 41.3 Å². The van der Waals surface area contributed by atoms with Gasteiger partial charge < -0.3 is 16.0 Å². The molecule has 1 saturated heterocycles. The maximum atomic E-state index is 5.80. The lowest BCUT2D eigenvalue weighted by molar-refractivity contribution is 0.194. The zero-order valence-electron chi connectivity index (χ0n) is 11.8. The molecule has 1 aliphatic rings. The number of nitrogens with zero attached hydrogens (tertiary/aromatic N) is 1. The molecule has 2 rings (SSSR count). The molecule has 0 bridgehead atoms. The van der Waals surface area contributed by atoms with Crippen molar-refractivity contribution in [2.24, 2.45) is 5.73 Å². The number of likely N-dealkylation sites (N-methyl/N-ethyl adjacent to an activating group) is 1. The number of hydrogen-bond acceptors (Lipinski definition) is 3. The van der Waals surface area contributed by atoms with Gasteiger partial charge in [0.1, 0.15) is 4.99 Å². The second-order valence-electron chi connectivity index (χ2n) is 5.42. The van der Waals surface area contributed by atoms with Crippen molar-refractivity contribution in [1.82, 2.24) is 4.90 Å². The summed E-state index contributed by atoms with van der Waals surface area (Å²) in [4.78, 5) is 2.90. The van der Waals surface area contributed by atoms with Gasteiger partial charge in [0.2, 0.25) is 0 Å². The second kappa shape index (κ2) is 6.35. The van der Waals surface area contributed by atoms with Crippen molar-refractivity contribution in [3.8, 4) is 0 Å². The van der Waals surface area contributed by atoms with Gasteiger partial charge in [-0.05, 0) is 45.5 Å². The molecule has 4 heteroatoms. The molecule has 1 aliphatic heterocycles. The number of nitrogens with one attached hydrogen (secondary N) is 1. The molecule has 104 valence electrons. The number of benzene rings is 1. The zero-order valence-corrected chi connectivity index (χ0v) is 12.6. The molecule has 3 N–H and O–H groups in total. The number of aryl methyl sites for hydroxylation is 1. The highest BCUT2D eigenvalue weighted by Gasteiger charge is 2.18. The summed E-state index contributed by atoms with van der Waals surface area (Å²) in [5.41, 5.74) is 8.99. The fourth-order valence-corrected chi connectivity index (χ4v) is 2.81. The molecule has 0 radical (unpaired) electrons. The molecule has 1 fully saturated rings. The van der Waals surface area contributed by atoms with Gasteiger partial charge in [-0.1, -0.05) is 30.3 Å². The molecule has 19 heavy (non-hydrogen) atoms. The summed E-state index contributed by atoms with van der Waals surface area (Å²) in [5, 5.41) is 3.51. The van der Waals surface area contributed by atoms with Crippen LogP contribution in [0.4, 0.5) is 5.69 Å². The van der Waals surface area contributed by atoms with Gasteiger partial charge in [0.25, 0.3) is 0 Å². The first-order chi connectivity index (χ1) is 9.08. The third kappa shape index (κ3) is 3.67. The van der Waals surface area contributed by atoms with Crippen molar-refractivity contribution in [3.63, 3.8) is 0 Å². The molecular formula is C15H23N3S. The van der Waals surface area contributed by atoms with E-state index in [2.05, 4.69) is 42.4 Å². The second-order valence-corrected chi connectivity index (χ2v) is 5.86. The van der Waals surface area contributed by atoms with E-state index in [1.807, 2.05) is 0 Å². The van der Waals surface area contributed by atoms with Crippen molar-refractivity contribution in [3.05, 3.63) is 29.3 Å². The van der Waals surface area contributed by atoms with Crippen LogP contribution in [0.5, 0.6) is 0 Å². The van der Waals surface area contributed by atoms with E-state index in [0.29, 0.717) is 11.0 Å². The van der Waals surface area contributed by atoms with Gasteiger partial charge in [-0.25, -0.2) is 0 Å². The Morgan fingerprint density at radius 3 is 2.95 bits per heavy atom. The predicted octanol–water partition coefficient (Wildman–Crippen LogP) is 2.53. The summed E-state index contributed by atoms with van der Waals surface area (Å²) >= 11 is 5.13. The van der Waals surface area contributed by atoms with Crippen LogP contribution >= 0.6 is 12.2 Å². The highest BCUT2D eigenvalue weighted by atomic mass is 32.1. The van der Waals surface area contributed by atoms with Crippen LogP contribution in [0.15, 0.2) is 18.2 Å². The molecule has 0 amide bonds. The quantitative estimate of drug-likeness (QED) is 0.830.